The Morgan fingerprint density at radius 2 is 2.26 bits per heavy atom. The zero-order valence-corrected chi connectivity index (χ0v) is 10.1. The number of carbonyl (C=O) groups is 1. The first-order valence-electron chi connectivity index (χ1n) is 4.90. The minimum absolute atomic E-state index is 0.0268. The van der Waals surface area contributed by atoms with Gasteiger partial charge in [-0.15, -0.1) is 0 Å². The van der Waals surface area contributed by atoms with Crippen molar-refractivity contribution in [2.24, 2.45) is 0 Å². The fraction of sp³-hybridized carbons (Fsp3) is 0. The highest BCUT2D eigenvalue weighted by atomic mass is 32.2. The van der Waals surface area contributed by atoms with Crippen LogP contribution >= 0.6 is 11.8 Å². The summed E-state index contributed by atoms with van der Waals surface area (Å²) in [7, 11) is 0. The van der Waals surface area contributed by atoms with Crippen molar-refractivity contribution in [3.8, 4) is 0 Å². The molecule has 2 aromatic heterocycles. The molecule has 2 aromatic rings. The highest BCUT2D eigenvalue weighted by molar-refractivity contribution is 7.99. The largest absolute Gasteiger partial charge is 0.478 e. The van der Waals surface area contributed by atoms with E-state index in [1.807, 2.05) is 0 Å². The summed E-state index contributed by atoms with van der Waals surface area (Å²) in [6.07, 6.45) is 1.15. The van der Waals surface area contributed by atoms with Gasteiger partial charge in [0.1, 0.15) is 10.8 Å². The van der Waals surface area contributed by atoms with Crippen LogP contribution in [0.25, 0.3) is 0 Å². The van der Waals surface area contributed by atoms with Gasteiger partial charge in [0.05, 0.1) is 5.56 Å². The minimum Gasteiger partial charge on any atom is -0.478 e. The van der Waals surface area contributed by atoms with Gasteiger partial charge in [-0.2, -0.15) is 0 Å². The monoisotopic (exact) mass is 282 g/mol. The van der Waals surface area contributed by atoms with Crippen molar-refractivity contribution in [3.63, 3.8) is 0 Å². The normalized spacial score (nSPS) is 10.4. The van der Waals surface area contributed by atoms with Gasteiger partial charge in [-0.25, -0.2) is 19.2 Å². The van der Waals surface area contributed by atoms with Crippen molar-refractivity contribution in [2.45, 2.75) is 10.2 Å². The SMILES string of the molecule is Nc1cc(=O)[nH]c(Sc2nccc(C(=O)O)c2F)n1. The molecule has 0 amide bonds. The fourth-order valence-corrected chi connectivity index (χ4v) is 2.05. The Kier molecular flexibility index (Phi) is 3.47. The van der Waals surface area contributed by atoms with Gasteiger partial charge < -0.3 is 15.8 Å². The third-order valence-electron chi connectivity index (χ3n) is 2.02. The van der Waals surface area contributed by atoms with Crippen molar-refractivity contribution in [2.75, 3.05) is 5.73 Å². The van der Waals surface area contributed by atoms with Gasteiger partial charge in [0, 0.05) is 12.3 Å². The van der Waals surface area contributed by atoms with Crippen LogP contribution in [0.2, 0.25) is 0 Å². The molecule has 98 valence electrons. The number of anilines is 1. The molecule has 0 aliphatic carbocycles. The van der Waals surface area contributed by atoms with Crippen molar-refractivity contribution in [3.05, 3.63) is 40.1 Å². The number of hydrogen-bond acceptors (Lipinski definition) is 6. The number of nitrogens with zero attached hydrogens (tertiary/aromatic N) is 2. The number of nitrogens with two attached hydrogens (primary N) is 1. The molecule has 0 spiro atoms. The van der Waals surface area contributed by atoms with Gasteiger partial charge in [0.15, 0.2) is 11.0 Å². The molecule has 0 saturated carbocycles. The van der Waals surface area contributed by atoms with Crippen molar-refractivity contribution < 1.29 is 14.3 Å². The van der Waals surface area contributed by atoms with E-state index in [0.29, 0.717) is 11.8 Å². The number of aromatic amines is 1. The second-order valence-electron chi connectivity index (χ2n) is 3.36. The van der Waals surface area contributed by atoms with E-state index < -0.39 is 22.9 Å². The molecule has 0 bridgehead atoms. The summed E-state index contributed by atoms with van der Waals surface area (Å²) in [6.45, 7) is 0. The summed E-state index contributed by atoms with van der Waals surface area (Å²) < 4.78 is 13.8. The molecule has 19 heavy (non-hydrogen) atoms. The Bertz CT molecular complexity index is 703. The van der Waals surface area contributed by atoms with Crippen LogP contribution < -0.4 is 11.3 Å². The lowest BCUT2D eigenvalue weighted by Crippen LogP contribution is -2.10. The maximum Gasteiger partial charge on any atom is 0.338 e. The van der Waals surface area contributed by atoms with Crippen LogP contribution in [-0.2, 0) is 0 Å². The average molecular weight is 282 g/mol. The molecule has 7 nitrogen and oxygen atoms in total. The number of aromatic carboxylic acids is 1. The molecule has 0 saturated heterocycles. The molecule has 0 unspecified atom stereocenters. The van der Waals surface area contributed by atoms with Gasteiger partial charge in [-0.3, -0.25) is 4.79 Å². The van der Waals surface area contributed by atoms with Gasteiger partial charge in [-0.1, -0.05) is 0 Å². The number of hydrogen-bond donors (Lipinski definition) is 3. The van der Waals surface area contributed by atoms with Crippen LogP contribution in [-0.4, -0.2) is 26.0 Å². The van der Waals surface area contributed by atoms with Gasteiger partial charge in [0.2, 0.25) is 0 Å². The second kappa shape index (κ2) is 5.06. The van der Waals surface area contributed by atoms with E-state index in [-0.39, 0.29) is 16.0 Å². The molecule has 0 aromatic carbocycles. The van der Waals surface area contributed by atoms with E-state index in [2.05, 4.69) is 15.0 Å². The third kappa shape index (κ3) is 2.88. The quantitative estimate of drug-likeness (QED) is 0.709. The molecular weight excluding hydrogens is 275 g/mol. The number of pyridine rings is 1. The van der Waals surface area contributed by atoms with Gasteiger partial charge in [-0.05, 0) is 17.8 Å². The highest BCUT2D eigenvalue weighted by Gasteiger charge is 2.16. The summed E-state index contributed by atoms with van der Waals surface area (Å²) in [5.74, 6) is -2.43. The Morgan fingerprint density at radius 1 is 1.53 bits per heavy atom. The molecule has 0 fully saturated rings. The summed E-state index contributed by atoms with van der Waals surface area (Å²) in [4.78, 5) is 31.7. The second-order valence-corrected chi connectivity index (χ2v) is 4.34. The smallest absolute Gasteiger partial charge is 0.338 e. The Labute approximate surface area is 109 Å². The zero-order valence-electron chi connectivity index (χ0n) is 9.25. The molecule has 2 rings (SSSR count). The van der Waals surface area contributed by atoms with Crippen molar-refractivity contribution in [1.29, 1.82) is 0 Å². The van der Waals surface area contributed by atoms with Crippen LogP contribution in [0.5, 0.6) is 0 Å². The van der Waals surface area contributed by atoms with E-state index in [9.17, 15) is 14.0 Å². The van der Waals surface area contributed by atoms with Crippen molar-refractivity contribution >= 4 is 23.5 Å². The molecule has 9 heteroatoms. The predicted molar refractivity (Wildman–Crippen MR) is 64.5 cm³/mol. The molecular formula is C10H7FN4O3S. The number of carboxylic acid groups (broad SMARTS) is 1. The molecule has 0 atom stereocenters. The first kappa shape index (κ1) is 13.0. The lowest BCUT2D eigenvalue weighted by atomic mass is 10.3. The standard InChI is InChI=1S/C10H7FN4O3S/c11-7-4(9(17)18)1-2-13-8(7)19-10-14-5(12)3-6(16)15-10/h1-3H,(H,17,18)(H3,12,14,15,16). The van der Waals surface area contributed by atoms with E-state index in [4.69, 9.17) is 10.8 Å². The molecule has 4 N–H and O–H groups in total. The maximum atomic E-state index is 13.8. The van der Waals surface area contributed by atoms with E-state index in [0.717, 1.165) is 18.3 Å². The first-order valence-corrected chi connectivity index (χ1v) is 5.71. The predicted octanol–water partition coefficient (Wildman–Crippen LogP) is 0.736. The maximum absolute atomic E-state index is 13.8. The number of carboxylic acids is 1. The summed E-state index contributed by atoms with van der Waals surface area (Å²) in [6, 6.07) is 2.11. The van der Waals surface area contributed by atoms with Crippen molar-refractivity contribution in [1.82, 2.24) is 15.0 Å². The fourth-order valence-electron chi connectivity index (χ4n) is 1.25. The number of halogens is 1. The Morgan fingerprint density at radius 3 is 2.89 bits per heavy atom. The summed E-state index contributed by atoms with van der Waals surface area (Å²) >= 11 is 0.678. The Hall–Kier alpha value is -2.42. The lowest BCUT2D eigenvalue weighted by molar-refractivity contribution is 0.0691. The number of nitrogen functional groups attached to an aromatic ring is 1. The molecule has 0 aliphatic heterocycles. The first-order chi connectivity index (χ1) is 8.97. The van der Waals surface area contributed by atoms with Crippen LogP contribution in [0.1, 0.15) is 10.4 Å². The minimum atomic E-state index is -1.41. The molecule has 2 heterocycles. The number of H-pyrrole nitrogens is 1. The third-order valence-corrected chi connectivity index (χ3v) is 2.89. The lowest BCUT2D eigenvalue weighted by Gasteiger charge is -2.03. The van der Waals surface area contributed by atoms with E-state index >= 15 is 0 Å². The van der Waals surface area contributed by atoms with Gasteiger partial charge in [0.25, 0.3) is 5.56 Å². The topological polar surface area (TPSA) is 122 Å². The van der Waals surface area contributed by atoms with E-state index in [1.54, 1.807) is 0 Å². The zero-order chi connectivity index (χ0) is 14.0. The van der Waals surface area contributed by atoms with Crippen LogP contribution in [0.15, 0.2) is 33.3 Å². The molecule has 0 radical (unpaired) electrons. The number of aromatic nitrogens is 3. The Balaban J connectivity index is 2.41. The number of rotatable bonds is 3. The highest BCUT2D eigenvalue weighted by Crippen LogP contribution is 2.26. The number of nitrogens with one attached hydrogen (secondary N) is 1. The molecule has 0 aliphatic rings. The van der Waals surface area contributed by atoms with E-state index in [1.165, 1.54) is 0 Å². The van der Waals surface area contributed by atoms with Crippen LogP contribution in [0.3, 0.4) is 0 Å². The average Bonchev–Trinajstić information content (AvgIpc) is 2.30. The summed E-state index contributed by atoms with van der Waals surface area (Å²) in [5.41, 5.74) is 4.37. The summed E-state index contributed by atoms with van der Waals surface area (Å²) in [5, 5.41) is 8.59. The van der Waals surface area contributed by atoms with Gasteiger partial charge >= 0.3 is 5.97 Å². The van der Waals surface area contributed by atoms with Crippen LogP contribution in [0, 0.1) is 5.82 Å². The van der Waals surface area contributed by atoms with Crippen LogP contribution in [0.4, 0.5) is 10.2 Å².